The molecule has 3 N–H and O–H groups in total. The predicted molar refractivity (Wildman–Crippen MR) is 88.1 cm³/mol. The van der Waals surface area contributed by atoms with Crippen LogP contribution in [0.2, 0.25) is 0 Å². The van der Waals surface area contributed by atoms with Crippen LogP contribution in [-0.2, 0) is 14.3 Å². The van der Waals surface area contributed by atoms with E-state index in [0.717, 1.165) is 0 Å². The first kappa shape index (κ1) is 18.0. The first-order valence-corrected chi connectivity index (χ1v) is 7.91. The van der Waals surface area contributed by atoms with Gasteiger partial charge in [-0.15, -0.1) is 0 Å². The van der Waals surface area contributed by atoms with Crippen molar-refractivity contribution in [3.63, 3.8) is 0 Å². The second-order valence-electron chi connectivity index (χ2n) is 6.56. The summed E-state index contributed by atoms with van der Waals surface area (Å²) >= 11 is 0. The van der Waals surface area contributed by atoms with Crippen molar-refractivity contribution >= 4 is 17.8 Å². The summed E-state index contributed by atoms with van der Waals surface area (Å²) < 4.78 is 10.7. The van der Waals surface area contributed by atoms with Gasteiger partial charge in [-0.3, -0.25) is 15.6 Å². The Morgan fingerprint density at radius 3 is 2.79 bits per heavy atom. The lowest BCUT2D eigenvalue weighted by molar-refractivity contribution is -0.135. The molecule has 1 fully saturated rings. The molecular weight excluding hydrogens is 312 g/mol. The van der Waals surface area contributed by atoms with Crippen LogP contribution in [0.15, 0.2) is 24.4 Å². The normalized spacial score (nSPS) is 20.8. The number of carbonyl (C=O) groups excluding carboxylic acids is 2. The maximum absolute atomic E-state index is 12.2. The molecule has 2 unspecified atom stereocenters. The van der Waals surface area contributed by atoms with Crippen molar-refractivity contribution in [1.82, 2.24) is 15.7 Å². The van der Waals surface area contributed by atoms with E-state index in [-0.39, 0.29) is 11.9 Å². The maximum Gasteiger partial charge on any atom is 0.407 e. The lowest BCUT2D eigenvalue weighted by atomic mass is 10.0. The van der Waals surface area contributed by atoms with Crippen molar-refractivity contribution in [2.24, 2.45) is 0 Å². The Labute approximate surface area is 141 Å². The number of rotatable bonds is 4. The number of pyridine rings is 1. The molecule has 2 atom stereocenters. The molecule has 1 aromatic heterocycles. The topological polar surface area (TPSA) is 102 Å². The van der Waals surface area contributed by atoms with Gasteiger partial charge in [0, 0.05) is 25.3 Å². The molecule has 8 nitrogen and oxygen atoms in total. The van der Waals surface area contributed by atoms with Crippen LogP contribution in [0.5, 0.6) is 0 Å². The SMILES string of the molecule is CC(C)(C)OC(=O)NC1CCOC(C(=O)NNc2ccccn2)C1. The fourth-order valence-corrected chi connectivity index (χ4v) is 2.23. The van der Waals surface area contributed by atoms with Crippen molar-refractivity contribution in [3.05, 3.63) is 24.4 Å². The molecule has 0 aliphatic carbocycles. The molecule has 0 bridgehead atoms. The van der Waals surface area contributed by atoms with Crippen molar-refractivity contribution < 1.29 is 19.1 Å². The zero-order chi connectivity index (χ0) is 17.6. The Bertz CT molecular complexity index is 559. The van der Waals surface area contributed by atoms with Crippen LogP contribution in [-0.4, -0.2) is 41.3 Å². The number of aromatic nitrogens is 1. The number of hydrogen-bond donors (Lipinski definition) is 3. The Hall–Kier alpha value is -2.35. The van der Waals surface area contributed by atoms with Crippen LogP contribution in [0.1, 0.15) is 33.6 Å². The summed E-state index contributed by atoms with van der Waals surface area (Å²) in [5.41, 5.74) is 4.73. The number of ether oxygens (including phenoxy) is 2. The molecule has 2 heterocycles. The van der Waals surface area contributed by atoms with Crippen LogP contribution in [0.3, 0.4) is 0 Å². The molecule has 1 aromatic rings. The Balaban J connectivity index is 1.79. The second-order valence-corrected chi connectivity index (χ2v) is 6.56. The summed E-state index contributed by atoms with van der Waals surface area (Å²) in [5.74, 6) is 0.224. The standard InChI is InChI=1S/C16H24N4O4/c1-16(2,3)24-15(22)18-11-7-9-23-12(10-11)14(21)20-19-13-6-4-5-8-17-13/h4-6,8,11-12H,7,9-10H2,1-3H3,(H,17,19)(H,18,22)(H,20,21). The maximum atomic E-state index is 12.2. The average molecular weight is 336 g/mol. The lowest BCUT2D eigenvalue weighted by Crippen LogP contribution is -2.49. The van der Waals surface area contributed by atoms with E-state index in [9.17, 15) is 9.59 Å². The highest BCUT2D eigenvalue weighted by molar-refractivity contribution is 5.82. The van der Waals surface area contributed by atoms with Crippen molar-refractivity contribution in [2.45, 2.75) is 51.4 Å². The molecule has 2 rings (SSSR count). The van der Waals surface area contributed by atoms with Gasteiger partial charge in [0.2, 0.25) is 0 Å². The summed E-state index contributed by atoms with van der Waals surface area (Å²) in [4.78, 5) is 28.0. The smallest absolute Gasteiger partial charge is 0.407 e. The highest BCUT2D eigenvalue weighted by Gasteiger charge is 2.30. The van der Waals surface area contributed by atoms with E-state index in [4.69, 9.17) is 9.47 Å². The van der Waals surface area contributed by atoms with Crippen LogP contribution in [0.25, 0.3) is 0 Å². The van der Waals surface area contributed by atoms with Gasteiger partial charge >= 0.3 is 6.09 Å². The Morgan fingerprint density at radius 2 is 2.12 bits per heavy atom. The second kappa shape index (κ2) is 7.96. The average Bonchev–Trinajstić information content (AvgIpc) is 2.52. The van der Waals surface area contributed by atoms with Gasteiger partial charge in [-0.2, -0.15) is 0 Å². The molecular formula is C16H24N4O4. The molecule has 1 aliphatic rings. The minimum Gasteiger partial charge on any atom is -0.444 e. The molecule has 8 heteroatoms. The fraction of sp³-hybridized carbons (Fsp3) is 0.562. The Kier molecular flexibility index (Phi) is 5.97. The van der Waals surface area contributed by atoms with E-state index in [0.29, 0.717) is 25.3 Å². The summed E-state index contributed by atoms with van der Waals surface area (Å²) in [7, 11) is 0. The fourth-order valence-electron chi connectivity index (χ4n) is 2.23. The first-order valence-electron chi connectivity index (χ1n) is 7.91. The number of hydrogen-bond acceptors (Lipinski definition) is 6. The van der Waals surface area contributed by atoms with Gasteiger partial charge in [-0.05, 0) is 39.3 Å². The number of amides is 2. The molecule has 0 saturated carbocycles. The van der Waals surface area contributed by atoms with Gasteiger partial charge in [-0.25, -0.2) is 9.78 Å². The number of nitrogens with one attached hydrogen (secondary N) is 3. The third-order valence-corrected chi connectivity index (χ3v) is 3.28. The zero-order valence-electron chi connectivity index (χ0n) is 14.2. The molecule has 1 saturated heterocycles. The quantitative estimate of drug-likeness (QED) is 0.722. The highest BCUT2D eigenvalue weighted by atomic mass is 16.6. The van der Waals surface area contributed by atoms with E-state index >= 15 is 0 Å². The lowest BCUT2D eigenvalue weighted by Gasteiger charge is -2.30. The molecule has 2 amide bonds. The van der Waals surface area contributed by atoms with Gasteiger partial charge in [0.15, 0.2) is 0 Å². The Morgan fingerprint density at radius 1 is 1.33 bits per heavy atom. The van der Waals surface area contributed by atoms with Crippen LogP contribution in [0.4, 0.5) is 10.6 Å². The van der Waals surface area contributed by atoms with E-state index in [1.807, 2.05) is 0 Å². The molecule has 0 radical (unpaired) electrons. The zero-order valence-corrected chi connectivity index (χ0v) is 14.2. The van der Waals surface area contributed by atoms with E-state index < -0.39 is 17.8 Å². The van der Waals surface area contributed by atoms with Crippen LogP contribution < -0.4 is 16.2 Å². The van der Waals surface area contributed by atoms with E-state index in [2.05, 4.69) is 21.2 Å². The molecule has 1 aliphatic heterocycles. The summed E-state index contributed by atoms with van der Waals surface area (Å²) in [6.45, 7) is 5.80. The van der Waals surface area contributed by atoms with E-state index in [1.165, 1.54) is 0 Å². The number of carbonyl (C=O) groups is 2. The number of hydrazine groups is 1. The monoisotopic (exact) mass is 336 g/mol. The third kappa shape index (κ3) is 6.04. The first-order chi connectivity index (χ1) is 11.3. The van der Waals surface area contributed by atoms with Crippen LogP contribution >= 0.6 is 0 Å². The third-order valence-electron chi connectivity index (χ3n) is 3.28. The number of nitrogens with zero attached hydrogens (tertiary/aromatic N) is 1. The predicted octanol–water partition coefficient (Wildman–Crippen LogP) is 1.60. The summed E-state index contributed by atoms with van der Waals surface area (Å²) in [6, 6.07) is 5.15. The van der Waals surface area contributed by atoms with Crippen LogP contribution in [0, 0.1) is 0 Å². The molecule has 0 aromatic carbocycles. The summed E-state index contributed by atoms with van der Waals surface area (Å²) in [5, 5.41) is 2.78. The van der Waals surface area contributed by atoms with Gasteiger partial charge in [0.1, 0.15) is 17.5 Å². The van der Waals surface area contributed by atoms with Crippen molar-refractivity contribution in [3.8, 4) is 0 Å². The van der Waals surface area contributed by atoms with Gasteiger partial charge < -0.3 is 14.8 Å². The van der Waals surface area contributed by atoms with Gasteiger partial charge in [0.05, 0.1) is 0 Å². The minimum atomic E-state index is -0.644. The molecule has 0 spiro atoms. The number of alkyl carbamates (subject to hydrolysis) is 1. The van der Waals surface area contributed by atoms with Gasteiger partial charge in [-0.1, -0.05) is 6.07 Å². The largest absolute Gasteiger partial charge is 0.444 e. The van der Waals surface area contributed by atoms with E-state index in [1.54, 1.807) is 45.2 Å². The highest BCUT2D eigenvalue weighted by Crippen LogP contribution is 2.15. The van der Waals surface area contributed by atoms with Gasteiger partial charge in [0.25, 0.3) is 5.91 Å². The summed E-state index contributed by atoms with van der Waals surface area (Å²) in [6.07, 6.45) is 1.51. The van der Waals surface area contributed by atoms with Crippen molar-refractivity contribution in [2.75, 3.05) is 12.0 Å². The minimum absolute atomic E-state index is 0.167. The molecule has 24 heavy (non-hydrogen) atoms. The number of anilines is 1. The molecule has 132 valence electrons. The van der Waals surface area contributed by atoms with Crippen molar-refractivity contribution in [1.29, 1.82) is 0 Å².